The Morgan fingerprint density at radius 2 is 1.32 bits per heavy atom. The van der Waals surface area contributed by atoms with Crippen LogP contribution in [-0.2, 0) is 5.54 Å². The van der Waals surface area contributed by atoms with Crippen LogP contribution in [0.2, 0.25) is 0 Å². The van der Waals surface area contributed by atoms with E-state index >= 15 is 0 Å². The summed E-state index contributed by atoms with van der Waals surface area (Å²) in [5, 5.41) is 26.9. The average Bonchev–Trinajstić information content (AvgIpc) is 3.40. The highest BCUT2D eigenvalue weighted by molar-refractivity contribution is 5.82. The molecule has 5 rings (SSSR count). The molecule has 0 aliphatic heterocycles. The van der Waals surface area contributed by atoms with Gasteiger partial charge in [-0.05, 0) is 41.3 Å². The summed E-state index contributed by atoms with van der Waals surface area (Å²) in [6.45, 7) is 4.01. The first-order valence-electron chi connectivity index (χ1n) is 13.3. The summed E-state index contributed by atoms with van der Waals surface area (Å²) in [7, 11) is 0. The van der Waals surface area contributed by atoms with Gasteiger partial charge >= 0.3 is 0 Å². The Kier molecular flexibility index (Phi) is 7.99. The minimum atomic E-state index is -0.712. The molecule has 0 saturated heterocycles. The maximum atomic E-state index is 11.3. The van der Waals surface area contributed by atoms with Gasteiger partial charge in [0.25, 0.3) is 0 Å². The van der Waals surface area contributed by atoms with Gasteiger partial charge in [0.2, 0.25) is 0 Å². The first kappa shape index (κ1) is 25.9. The Bertz CT molecular complexity index is 1330. The Labute approximate surface area is 224 Å². The summed E-state index contributed by atoms with van der Waals surface area (Å²) in [6.07, 6.45) is 2.34. The Morgan fingerprint density at radius 3 is 1.82 bits per heavy atom. The average molecular weight is 506 g/mol. The molecule has 1 aromatic heterocycles. The van der Waals surface area contributed by atoms with Crippen LogP contribution in [0, 0.1) is 0 Å². The van der Waals surface area contributed by atoms with Crippen molar-refractivity contribution in [3.63, 3.8) is 0 Å². The highest BCUT2D eigenvalue weighted by atomic mass is 16.3. The Hall–Kier alpha value is -3.77. The van der Waals surface area contributed by atoms with Crippen molar-refractivity contribution in [2.45, 2.75) is 25.0 Å². The van der Waals surface area contributed by atoms with Crippen molar-refractivity contribution in [2.75, 3.05) is 26.2 Å². The highest BCUT2D eigenvalue weighted by Crippen LogP contribution is 2.41. The number of nitrogens with zero attached hydrogens (tertiary/aromatic N) is 3. The van der Waals surface area contributed by atoms with Gasteiger partial charge < -0.3 is 10.2 Å². The van der Waals surface area contributed by atoms with Crippen molar-refractivity contribution >= 4 is 10.9 Å². The monoisotopic (exact) mass is 505 g/mol. The number of hydrogen-bond acceptors (Lipinski definition) is 4. The van der Waals surface area contributed by atoms with Gasteiger partial charge in [-0.2, -0.15) is 5.10 Å². The smallest absolute Gasteiger partial charge is 0.138 e. The zero-order valence-electron chi connectivity index (χ0n) is 21.8. The van der Waals surface area contributed by atoms with Crippen LogP contribution in [0.5, 0.6) is 0 Å². The second-order valence-electron chi connectivity index (χ2n) is 9.70. The Balaban J connectivity index is 1.72. The lowest BCUT2D eigenvalue weighted by Gasteiger charge is -2.36. The quantitative estimate of drug-likeness (QED) is 0.229. The van der Waals surface area contributed by atoms with Gasteiger partial charge in [0.15, 0.2) is 0 Å². The zero-order valence-corrected chi connectivity index (χ0v) is 21.8. The van der Waals surface area contributed by atoms with E-state index in [0.29, 0.717) is 13.1 Å². The SMILES string of the molecule is CCCN(CCO)CC(O)c1cccc2nn(C(c3ccccc3)(c3ccccc3)c3ccccc3)cc12. The van der Waals surface area contributed by atoms with Crippen LogP contribution >= 0.6 is 0 Å². The predicted octanol–water partition coefficient (Wildman–Crippen LogP) is 5.61. The van der Waals surface area contributed by atoms with Crippen LogP contribution in [0.15, 0.2) is 115 Å². The third-order valence-electron chi connectivity index (χ3n) is 7.25. The minimum absolute atomic E-state index is 0.0720. The number of benzene rings is 4. The molecule has 0 bridgehead atoms. The molecule has 0 saturated carbocycles. The van der Waals surface area contributed by atoms with E-state index < -0.39 is 11.6 Å². The minimum Gasteiger partial charge on any atom is -0.395 e. The molecular weight excluding hydrogens is 470 g/mol. The van der Waals surface area contributed by atoms with E-state index in [2.05, 4.69) is 95.5 Å². The number of aliphatic hydroxyl groups excluding tert-OH is 2. The van der Waals surface area contributed by atoms with E-state index in [-0.39, 0.29) is 6.61 Å². The van der Waals surface area contributed by atoms with Crippen LogP contribution in [0.1, 0.15) is 41.7 Å². The lowest BCUT2D eigenvalue weighted by atomic mass is 9.77. The summed E-state index contributed by atoms with van der Waals surface area (Å²) >= 11 is 0. The van der Waals surface area contributed by atoms with Crippen LogP contribution in [0.3, 0.4) is 0 Å². The molecule has 38 heavy (non-hydrogen) atoms. The molecule has 0 amide bonds. The summed E-state index contributed by atoms with van der Waals surface area (Å²) in [5.41, 5.74) is 4.27. The fourth-order valence-electron chi connectivity index (χ4n) is 5.56. The van der Waals surface area contributed by atoms with Crippen LogP contribution in [0.4, 0.5) is 0 Å². The van der Waals surface area contributed by atoms with Crippen molar-refractivity contribution in [1.82, 2.24) is 14.7 Å². The predicted molar refractivity (Wildman–Crippen MR) is 153 cm³/mol. The molecule has 1 atom stereocenters. The maximum Gasteiger partial charge on any atom is 0.138 e. The maximum absolute atomic E-state index is 11.3. The van der Waals surface area contributed by atoms with Crippen LogP contribution in [0.25, 0.3) is 10.9 Å². The van der Waals surface area contributed by atoms with Gasteiger partial charge in [-0.1, -0.05) is 110 Å². The third kappa shape index (κ3) is 4.88. The van der Waals surface area contributed by atoms with E-state index in [9.17, 15) is 10.2 Å². The molecular formula is C33H35N3O2. The van der Waals surface area contributed by atoms with Crippen molar-refractivity contribution in [3.8, 4) is 0 Å². The van der Waals surface area contributed by atoms with Gasteiger partial charge in [0.05, 0.1) is 18.2 Å². The van der Waals surface area contributed by atoms with E-state index in [1.54, 1.807) is 0 Å². The van der Waals surface area contributed by atoms with Gasteiger partial charge in [-0.3, -0.25) is 9.58 Å². The van der Waals surface area contributed by atoms with Crippen molar-refractivity contribution in [3.05, 3.63) is 138 Å². The zero-order chi connectivity index (χ0) is 26.4. The van der Waals surface area contributed by atoms with Crippen molar-refractivity contribution < 1.29 is 10.2 Å². The number of aromatic nitrogens is 2. The van der Waals surface area contributed by atoms with Gasteiger partial charge in [-0.25, -0.2) is 0 Å². The highest BCUT2D eigenvalue weighted by Gasteiger charge is 2.39. The number of aliphatic hydroxyl groups is 2. The van der Waals surface area contributed by atoms with E-state index in [0.717, 1.165) is 46.1 Å². The second kappa shape index (κ2) is 11.7. The summed E-state index contributed by atoms with van der Waals surface area (Å²) < 4.78 is 2.06. The molecule has 0 spiro atoms. The van der Waals surface area contributed by atoms with Gasteiger partial charge in [-0.15, -0.1) is 0 Å². The molecule has 0 radical (unpaired) electrons. The fraction of sp³-hybridized carbons (Fsp3) is 0.242. The fourth-order valence-corrected chi connectivity index (χ4v) is 5.56. The second-order valence-corrected chi connectivity index (χ2v) is 9.70. The molecule has 0 fully saturated rings. The summed E-state index contributed by atoms with van der Waals surface area (Å²) in [6, 6.07) is 37.4. The van der Waals surface area contributed by atoms with Gasteiger partial charge in [0, 0.05) is 24.7 Å². The molecule has 1 unspecified atom stereocenters. The normalized spacial score (nSPS) is 12.7. The summed E-state index contributed by atoms with van der Waals surface area (Å²) in [4.78, 5) is 2.11. The third-order valence-corrected chi connectivity index (χ3v) is 7.25. The molecule has 5 heteroatoms. The van der Waals surface area contributed by atoms with E-state index in [4.69, 9.17) is 5.10 Å². The Morgan fingerprint density at radius 1 is 0.763 bits per heavy atom. The molecule has 1 heterocycles. The van der Waals surface area contributed by atoms with Crippen molar-refractivity contribution in [1.29, 1.82) is 0 Å². The molecule has 2 N–H and O–H groups in total. The van der Waals surface area contributed by atoms with E-state index in [1.165, 1.54) is 0 Å². The molecule has 0 aliphatic carbocycles. The van der Waals surface area contributed by atoms with Gasteiger partial charge in [0.1, 0.15) is 5.54 Å². The standard InChI is InChI=1S/C33H35N3O2/c1-2-21-35(22-23-37)25-32(38)29-19-12-20-31-30(29)24-36(34-31)33(26-13-6-3-7-14-26,27-15-8-4-9-16-27)28-17-10-5-11-18-28/h3-20,24,32,37-38H,2,21-23,25H2,1H3. The molecule has 0 aliphatic rings. The molecule has 194 valence electrons. The van der Waals surface area contributed by atoms with Crippen LogP contribution < -0.4 is 0 Å². The van der Waals surface area contributed by atoms with E-state index in [1.807, 2.05) is 36.4 Å². The first-order valence-corrected chi connectivity index (χ1v) is 13.3. The van der Waals surface area contributed by atoms with Crippen LogP contribution in [-0.4, -0.2) is 51.1 Å². The molecule has 4 aromatic carbocycles. The largest absolute Gasteiger partial charge is 0.395 e. The lowest BCUT2D eigenvalue weighted by molar-refractivity contribution is 0.101. The van der Waals surface area contributed by atoms with Crippen molar-refractivity contribution in [2.24, 2.45) is 0 Å². The number of fused-ring (bicyclic) bond motifs is 1. The number of hydrogen-bond donors (Lipinski definition) is 2. The summed E-state index contributed by atoms with van der Waals surface area (Å²) in [5.74, 6) is 0. The topological polar surface area (TPSA) is 61.5 Å². The number of rotatable bonds is 11. The molecule has 5 aromatic rings. The lowest BCUT2D eigenvalue weighted by Crippen LogP contribution is -2.38. The molecule has 5 nitrogen and oxygen atoms in total. The first-order chi connectivity index (χ1) is 18.7.